The highest BCUT2D eigenvalue weighted by molar-refractivity contribution is 6.40. The van der Waals surface area contributed by atoms with Gasteiger partial charge in [-0.15, -0.1) is 0 Å². The number of halogens is 1. The van der Waals surface area contributed by atoms with Crippen LogP contribution in [-0.4, -0.2) is 39.8 Å². The lowest BCUT2D eigenvalue weighted by molar-refractivity contribution is -0.148. The molecule has 1 aliphatic rings. The van der Waals surface area contributed by atoms with E-state index in [-0.39, 0.29) is 18.3 Å². The molecule has 1 unspecified atom stereocenters. The smallest absolute Gasteiger partial charge is 0.451 e. The molecule has 3 rings (SSSR count). The number of nitrogens with two attached hydrogens (primary N) is 1. The fourth-order valence-corrected chi connectivity index (χ4v) is 4.14. The van der Waals surface area contributed by atoms with Gasteiger partial charge >= 0.3 is 13.1 Å². The van der Waals surface area contributed by atoms with Crippen molar-refractivity contribution in [1.29, 1.82) is 0 Å². The van der Waals surface area contributed by atoms with Crippen molar-refractivity contribution in [2.75, 3.05) is 0 Å². The summed E-state index contributed by atoms with van der Waals surface area (Å²) in [6.07, 6.45) is 3.08. The van der Waals surface area contributed by atoms with Gasteiger partial charge in [-0.25, -0.2) is 0 Å². The van der Waals surface area contributed by atoms with E-state index in [1.807, 2.05) is 36.4 Å². The fraction of sp³-hybridized carbons (Fsp3) is 0.435. The van der Waals surface area contributed by atoms with E-state index in [1.54, 1.807) is 12.1 Å². The average molecular weight is 461 g/mol. The largest absolute Gasteiger partial charge is 0.480 e. The molecule has 0 saturated heterocycles. The van der Waals surface area contributed by atoms with Gasteiger partial charge in [0.25, 0.3) is 0 Å². The fourth-order valence-electron chi connectivity index (χ4n) is 4.01. The summed E-state index contributed by atoms with van der Waals surface area (Å²) in [5.74, 6) is 0.383. The first-order chi connectivity index (χ1) is 15.3. The number of aliphatic carboxylic acids is 1. The number of carboxylic acids is 1. The van der Waals surface area contributed by atoms with E-state index in [0.29, 0.717) is 43.7 Å². The molecular weight excluding hydrogens is 431 g/mol. The molecule has 0 amide bonds. The normalized spacial score (nSPS) is 19.6. The molecule has 172 valence electrons. The van der Waals surface area contributed by atoms with Crippen LogP contribution in [0.1, 0.15) is 37.7 Å². The Labute approximate surface area is 193 Å². The maximum Gasteiger partial charge on any atom is 0.451 e. The van der Waals surface area contributed by atoms with Crippen molar-refractivity contribution in [2.45, 2.75) is 56.5 Å². The van der Waals surface area contributed by atoms with E-state index in [1.165, 1.54) is 0 Å². The van der Waals surface area contributed by atoms with Crippen LogP contribution in [-0.2, 0) is 11.3 Å². The molecule has 1 fully saturated rings. The van der Waals surface area contributed by atoms with E-state index in [0.717, 1.165) is 17.1 Å². The van der Waals surface area contributed by atoms with Crippen molar-refractivity contribution in [2.24, 2.45) is 11.7 Å². The Morgan fingerprint density at radius 3 is 2.25 bits per heavy atom. The summed E-state index contributed by atoms with van der Waals surface area (Å²) in [6.45, 7) is 0.678. The van der Waals surface area contributed by atoms with Crippen molar-refractivity contribution < 1.29 is 24.7 Å². The third kappa shape index (κ3) is 6.70. The van der Waals surface area contributed by atoms with Crippen molar-refractivity contribution in [3.05, 3.63) is 59.1 Å². The SMILES string of the molecule is NC(CCCCB(O)O)(C(=O)O)C1CC(NCc2ccc(Oc3ccc(Cl)cc3)cc2)C1. The zero-order valence-corrected chi connectivity index (χ0v) is 18.7. The Kier molecular flexibility index (Phi) is 8.56. The highest BCUT2D eigenvalue weighted by Gasteiger charge is 2.48. The van der Waals surface area contributed by atoms with E-state index in [2.05, 4.69) is 5.32 Å². The van der Waals surface area contributed by atoms with Crippen LogP contribution in [0.2, 0.25) is 11.3 Å². The highest BCUT2D eigenvalue weighted by atomic mass is 35.5. The van der Waals surface area contributed by atoms with E-state index in [9.17, 15) is 9.90 Å². The van der Waals surface area contributed by atoms with E-state index < -0.39 is 18.6 Å². The van der Waals surface area contributed by atoms with Crippen molar-refractivity contribution in [3.8, 4) is 11.5 Å². The first-order valence-electron chi connectivity index (χ1n) is 10.9. The minimum absolute atomic E-state index is 0.0910. The Balaban J connectivity index is 1.42. The van der Waals surface area contributed by atoms with Crippen LogP contribution in [0, 0.1) is 5.92 Å². The third-order valence-electron chi connectivity index (χ3n) is 6.14. The quantitative estimate of drug-likeness (QED) is 0.243. The van der Waals surface area contributed by atoms with Crippen LogP contribution in [0.4, 0.5) is 0 Å². The number of unbranched alkanes of at least 4 members (excludes halogenated alkanes) is 1. The summed E-state index contributed by atoms with van der Waals surface area (Å²) < 4.78 is 5.80. The van der Waals surface area contributed by atoms with Gasteiger partial charge in [0.1, 0.15) is 17.0 Å². The predicted octanol–water partition coefficient (Wildman–Crippen LogP) is 3.43. The van der Waals surface area contributed by atoms with Crippen LogP contribution in [0.3, 0.4) is 0 Å². The van der Waals surface area contributed by atoms with E-state index in [4.69, 9.17) is 32.1 Å². The predicted molar refractivity (Wildman–Crippen MR) is 125 cm³/mol. The number of carboxylic acid groups (broad SMARTS) is 1. The molecule has 0 bridgehead atoms. The number of rotatable bonds is 12. The molecule has 9 heteroatoms. The molecule has 2 aromatic carbocycles. The van der Waals surface area contributed by atoms with Gasteiger partial charge in [0.15, 0.2) is 0 Å². The van der Waals surface area contributed by atoms with Crippen LogP contribution in [0.25, 0.3) is 0 Å². The van der Waals surface area contributed by atoms with Gasteiger partial charge in [0.05, 0.1) is 0 Å². The minimum Gasteiger partial charge on any atom is -0.480 e. The van der Waals surface area contributed by atoms with Gasteiger partial charge in [0, 0.05) is 17.6 Å². The number of benzene rings is 2. The average Bonchev–Trinajstić information content (AvgIpc) is 2.72. The monoisotopic (exact) mass is 460 g/mol. The standard InChI is InChI=1S/C23H30BClN2O5/c25-18-5-9-21(10-6-18)32-20-7-3-16(4-8-20)15-27-19-13-17(14-19)23(26,22(28)29)11-1-2-12-24(30)31/h3-10,17,19,27,30-31H,1-2,11-15,26H2,(H,28,29). The van der Waals surface area contributed by atoms with Crippen LogP contribution in [0.15, 0.2) is 48.5 Å². The molecule has 0 radical (unpaired) electrons. The molecule has 2 aromatic rings. The maximum atomic E-state index is 11.8. The Morgan fingerprint density at radius 1 is 1.09 bits per heavy atom. The van der Waals surface area contributed by atoms with Gasteiger partial charge in [-0.3, -0.25) is 4.79 Å². The lowest BCUT2D eigenvalue weighted by atomic mass is 9.66. The third-order valence-corrected chi connectivity index (χ3v) is 6.39. The van der Waals surface area contributed by atoms with Gasteiger partial charge in [0.2, 0.25) is 0 Å². The Hall–Kier alpha value is -2.10. The Bertz CT molecular complexity index is 875. The summed E-state index contributed by atoms with van der Waals surface area (Å²) in [4.78, 5) is 11.8. The lowest BCUT2D eigenvalue weighted by Crippen LogP contribution is -2.61. The van der Waals surface area contributed by atoms with Crippen LogP contribution < -0.4 is 15.8 Å². The molecule has 0 aromatic heterocycles. The highest BCUT2D eigenvalue weighted by Crippen LogP contribution is 2.38. The van der Waals surface area contributed by atoms with Gasteiger partial charge in [-0.1, -0.05) is 36.6 Å². The van der Waals surface area contributed by atoms with E-state index >= 15 is 0 Å². The summed E-state index contributed by atoms with van der Waals surface area (Å²) in [6, 6.07) is 15.2. The van der Waals surface area contributed by atoms with Gasteiger partial charge < -0.3 is 30.9 Å². The number of nitrogens with one attached hydrogen (secondary N) is 1. The summed E-state index contributed by atoms with van der Waals surface area (Å²) in [5.41, 5.74) is 6.09. The molecule has 0 heterocycles. The number of ether oxygens (including phenoxy) is 1. The molecule has 6 N–H and O–H groups in total. The molecule has 32 heavy (non-hydrogen) atoms. The minimum atomic E-state index is -1.36. The van der Waals surface area contributed by atoms with Crippen molar-refractivity contribution in [1.82, 2.24) is 5.32 Å². The maximum absolute atomic E-state index is 11.8. The number of hydrogen-bond acceptors (Lipinski definition) is 6. The summed E-state index contributed by atoms with van der Waals surface area (Å²) >= 11 is 5.89. The first-order valence-corrected chi connectivity index (χ1v) is 11.3. The van der Waals surface area contributed by atoms with Crippen LogP contribution >= 0.6 is 11.6 Å². The van der Waals surface area contributed by atoms with Crippen LogP contribution in [0.5, 0.6) is 11.5 Å². The zero-order valence-electron chi connectivity index (χ0n) is 17.9. The second-order valence-electron chi connectivity index (χ2n) is 8.52. The van der Waals surface area contributed by atoms with Gasteiger partial charge in [-0.05, 0) is 73.5 Å². The topological polar surface area (TPSA) is 125 Å². The summed E-state index contributed by atoms with van der Waals surface area (Å²) in [7, 11) is -1.36. The van der Waals surface area contributed by atoms with Crippen molar-refractivity contribution >= 4 is 24.7 Å². The molecule has 1 aliphatic carbocycles. The van der Waals surface area contributed by atoms with Crippen molar-refractivity contribution in [3.63, 3.8) is 0 Å². The second kappa shape index (κ2) is 11.2. The number of carbonyl (C=O) groups is 1. The molecule has 0 aliphatic heterocycles. The first kappa shape index (κ1) is 24.5. The molecule has 1 atom stereocenters. The molecule has 7 nitrogen and oxygen atoms in total. The lowest BCUT2D eigenvalue weighted by Gasteiger charge is -2.45. The Morgan fingerprint density at radius 2 is 1.69 bits per heavy atom. The molecular formula is C23H30BClN2O5. The summed E-state index contributed by atoms with van der Waals surface area (Å²) in [5, 5.41) is 31.6. The number of hydrogen-bond donors (Lipinski definition) is 5. The zero-order chi connectivity index (χ0) is 23.1. The molecule has 1 saturated carbocycles. The second-order valence-corrected chi connectivity index (χ2v) is 8.95. The molecule has 0 spiro atoms. The van der Waals surface area contributed by atoms with Gasteiger partial charge in [-0.2, -0.15) is 0 Å².